The quantitative estimate of drug-likeness (QED) is 0.375. The lowest BCUT2D eigenvalue weighted by Crippen LogP contribution is -2.30. The van der Waals surface area contributed by atoms with E-state index in [1.807, 2.05) is 0 Å². The van der Waals surface area contributed by atoms with Gasteiger partial charge in [-0.3, -0.25) is 0 Å². The van der Waals surface area contributed by atoms with Crippen molar-refractivity contribution in [2.45, 2.75) is 18.7 Å². The van der Waals surface area contributed by atoms with Crippen molar-refractivity contribution in [1.29, 1.82) is 0 Å². The minimum Gasteiger partial charge on any atom is -0.420 e. The summed E-state index contributed by atoms with van der Waals surface area (Å²) >= 11 is 3.20. The molecule has 0 aliphatic carbocycles. The van der Waals surface area contributed by atoms with Crippen LogP contribution in [-0.2, 0) is 14.8 Å². The van der Waals surface area contributed by atoms with Crippen molar-refractivity contribution in [2.24, 2.45) is 0 Å². The standard InChI is InChI=1S/C18H19BrN2O4S/c1-3-21(4-2)26(23,24)15-10-7-14(8-11-15)9-12-17(22)25-16-6-5-13-20-18(16)19/h5-13H,3-4H2,1-2H3/b12-9+. The maximum atomic E-state index is 12.4. The van der Waals surface area contributed by atoms with Crippen molar-refractivity contribution in [3.63, 3.8) is 0 Å². The molecule has 26 heavy (non-hydrogen) atoms. The van der Waals surface area contributed by atoms with E-state index in [0.29, 0.717) is 29.0 Å². The molecule has 0 aliphatic rings. The topological polar surface area (TPSA) is 76.6 Å². The second-order valence-electron chi connectivity index (χ2n) is 5.21. The molecule has 2 rings (SSSR count). The number of carbonyl (C=O) groups is 1. The van der Waals surface area contributed by atoms with Crippen molar-refractivity contribution in [3.8, 4) is 5.75 Å². The fourth-order valence-corrected chi connectivity index (χ4v) is 4.01. The molecule has 0 saturated carbocycles. The number of rotatable bonds is 7. The maximum absolute atomic E-state index is 12.4. The molecule has 0 aliphatic heterocycles. The number of halogens is 1. The van der Waals surface area contributed by atoms with E-state index in [2.05, 4.69) is 20.9 Å². The Labute approximate surface area is 161 Å². The number of benzene rings is 1. The van der Waals surface area contributed by atoms with Crippen molar-refractivity contribution in [2.75, 3.05) is 13.1 Å². The fraction of sp³-hybridized carbons (Fsp3) is 0.222. The van der Waals surface area contributed by atoms with Gasteiger partial charge in [0.15, 0.2) is 5.75 Å². The summed E-state index contributed by atoms with van der Waals surface area (Å²) in [4.78, 5) is 16.1. The second-order valence-corrected chi connectivity index (χ2v) is 7.89. The fourth-order valence-electron chi connectivity index (χ4n) is 2.22. The molecule has 1 heterocycles. The summed E-state index contributed by atoms with van der Waals surface area (Å²) in [6.07, 6.45) is 4.40. The minimum absolute atomic E-state index is 0.222. The molecular formula is C18H19BrN2O4S. The first-order valence-corrected chi connectivity index (χ1v) is 10.2. The lowest BCUT2D eigenvalue weighted by Gasteiger charge is -2.18. The Morgan fingerprint density at radius 2 is 1.85 bits per heavy atom. The zero-order valence-corrected chi connectivity index (χ0v) is 16.8. The van der Waals surface area contributed by atoms with Gasteiger partial charge in [-0.05, 0) is 51.8 Å². The highest BCUT2D eigenvalue weighted by molar-refractivity contribution is 9.10. The van der Waals surface area contributed by atoms with Crippen LogP contribution >= 0.6 is 15.9 Å². The van der Waals surface area contributed by atoms with Crippen LogP contribution in [0.5, 0.6) is 5.75 Å². The number of aromatic nitrogens is 1. The Kier molecular flexibility index (Phi) is 7.07. The minimum atomic E-state index is -3.49. The number of sulfonamides is 1. The number of carbonyl (C=O) groups excluding carboxylic acids is 1. The molecule has 0 amide bonds. The van der Waals surface area contributed by atoms with E-state index in [1.165, 1.54) is 22.5 Å². The largest absolute Gasteiger partial charge is 0.420 e. The van der Waals surface area contributed by atoms with E-state index in [4.69, 9.17) is 4.74 Å². The van der Waals surface area contributed by atoms with Gasteiger partial charge >= 0.3 is 5.97 Å². The SMILES string of the molecule is CCN(CC)S(=O)(=O)c1ccc(/C=C/C(=O)Oc2cccnc2Br)cc1. The molecule has 0 atom stereocenters. The van der Waals surface area contributed by atoms with E-state index in [0.717, 1.165) is 0 Å². The first-order valence-electron chi connectivity index (χ1n) is 7.99. The molecule has 0 bridgehead atoms. The highest BCUT2D eigenvalue weighted by atomic mass is 79.9. The lowest BCUT2D eigenvalue weighted by molar-refractivity contribution is -0.128. The van der Waals surface area contributed by atoms with Gasteiger partial charge in [-0.1, -0.05) is 26.0 Å². The zero-order chi connectivity index (χ0) is 19.2. The van der Waals surface area contributed by atoms with E-state index >= 15 is 0 Å². The van der Waals surface area contributed by atoms with Crippen LogP contribution in [0.1, 0.15) is 19.4 Å². The maximum Gasteiger partial charge on any atom is 0.336 e. The van der Waals surface area contributed by atoms with Crippen LogP contribution in [0.4, 0.5) is 0 Å². The van der Waals surface area contributed by atoms with Crippen LogP contribution in [0.15, 0.2) is 58.2 Å². The summed E-state index contributed by atoms with van der Waals surface area (Å²) in [5.74, 6) is -0.235. The summed E-state index contributed by atoms with van der Waals surface area (Å²) in [6, 6.07) is 9.61. The van der Waals surface area contributed by atoms with Crippen LogP contribution in [0.3, 0.4) is 0 Å². The molecule has 2 aromatic rings. The third-order valence-corrected chi connectivity index (χ3v) is 6.23. The smallest absolute Gasteiger partial charge is 0.336 e. The Balaban J connectivity index is 2.08. The Hall–Kier alpha value is -2.03. The molecule has 8 heteroatoms. The van der Waals surface area contributed by atoms with Gasteiger partial charge < -0.3 is 4.74 Å². The normalized spacial score (nSPS) is 11.8. The van der Waals surface area contributed by atoms with Gasteiger partial charge in [0.1, 0.15) is 4.60 Å². The third kappa shape index (κ3) is 5.00. The van der Waals surface area contributed by atoms with Gasteiger partial charge in [-0.2, -0.15) is 4.31 Å². The average molecular weight is 439 g/mol. The van der Waals surface area contributed by atoms with Crippen LogP contribution in [-0.4, -0.2) is 36.8 Å². The van der Waals surface area contributed by atoms with Crippen molar-refractivity contribution in [3.05, 3.63) is 58.8 Å². The lowest BCUT2D eigenvalue weighted by atomic mass is 10.2. The number of hydrogen-bond donors (Lipinski definition) is 0. The summed E-state index contributed by atoms with van der Waals surface area (Å²) in [7, 11) is -3.49. The summed E-state index contributed by atoms with van der Waals surface area (Å²) in [5, 5.41) is 0. The molecule has 0 radical (unpaired) electrons. The van der Waals surface area contributed by atoms with Gasteiger partial charge in [0.25, 0.3) is 0 Å². The highest BCUT2D eigenvalue weighted by Crippen LogP contribution is 2.21. The first-order chi connectivity index (χ1) is 12.4. The predicted molar refractivity (Wildman–Crippen MR) is 103 cm³/mol. The summed E-state index contributed by atoms with van der Waals surface area (Å²) in [6.45, 7) is 4.42. The van der Waals surface area contributed by atoms with Crippen LogP contribution in [0, 0.1) is 0 Å². The molecule has 1 aromatic carbocycles. The number of pyridine rings is 1. The van der Waals surface area contributed by atoms with Gasteiger partial charge in [0.2, 0.25) is 10.0 Å². The van der Waals surface area contributed by atoms with Crippen molar-refractivity contribution in [1.82, 2.24) is 9.29 Å². The molecule has 0 spiro atoms. The molecule has 138 valence electrons. The van der Waals surface area contributed by atoms with E-state index in [-0.39, 0.29) is 4.90 Å². The van der Waals surface area contributed by atoms with Crippen LogP contribution < -0.4 is 4.74 Å². The Morgan fingerprint density at radius 3 is 2.42 bits per heavy atom. The highest BCUT2D eigenvalue weighted by Gasteiger charge is 2.20. The Morgan fingerprint density at radius 1 is 1.19 bits per heavy atom. The molecule has 6 nitrogen and oxygen atoms in total. The monoisotopic (exact) mass is 438 g/mol. The van der Waals surface area contributed by atoms with Crippen molar-refractivity contribution >= 4 is 38.0 Å². The second kappa shape index (κ2) is 9.07. The molecule has 0 N–H and O–H groups in total. The Bertz CT molecular complexity index is 892. The van der Waals surface area contributed by atoms with Crippen LogP contribution in [0.25, 0.3) is 6.08 Å². The molecule has 1 aromatic heterocycles. The number of nitrogens with zero attached hydrogens (tertiary/aromatic N) is 2. The van der Waals surface area contributed by atoms with Crippen molar-refractivity contribution < 1.29 is 17.9 Å². The number of ether oxygens (including phenoxy) is 1. The molecule has 0 unspecified atom stereocenters. The van der Waals surface area contributed by atoms with Gasteiger partial charge in [-0.25, -0.2) is 18.2 Å². The van der Waals surface area contributed by atoms with Crippen LogP contribution in [0.2, 0.25) is 0 Å². The van der Waals surface area contributed by atoms with E-state index in [1.54, 1.807) is 50.4 Å². The molecular weight excluding hydrogens is 420 g/mol. The summed E-state index contributed by atoms with van der Waals surface area (Å²) in [5.41, 5.74) is 0.686. The average Bonchev–Trinajstić information content (AvgIpc) is 2.63. The number of hydrogen-bond acceptors (Lipinski definition) is 5. The zero-order valence-electron chi connectivity index (χ0n) is 14.4. The van der Waals surface area contributed by atoms with Gasteiger partial charge in [0.05, 0.1) is 4.90 Å². The molecule has 0 saturated heterocycles. The predicted octanol–water partition coefficient (Wildman–Crippen LogP) is 3.49. The van der Waals surface area contributed by atoms with Gasteiger partial charge in [-0.15, -0.1) is 0 Å². The summed E-state index contributed by atoms with van der Waals surface area (Å²) < 4.78 is 31.9. The molecule has 0 fully saturated rings. The third-order valence-electron chi connectivity index (χ3n) is 3.57. The first kappa shape index (κ1) is 20.3. The van der Waals surface area contributed by atoms with E-state index in [9.17, 15) is 13.2 Å². The van der Waals surface area contributed by atoms with Gasteiger partial charge in [0, 0.05) is 25.4 Å². The van der Waals surface area contributed by atoms with E-state index < -0.39 is 16.0 Å². The number of esters is 1.